The number of aryl methyl sites for hydroxylation is 1. The van der Waals surface area contributed by atoms with Crippen LogP contribution >= 0.6 is 0 Å². The van der Waals surface area contributed by atoms with E-state index in [1.807, 2.05) is 13.8 Å². The van der Waals surface area contributed by atoms with Crippen LogP contribution in [0.25, 0.3) is 0 Å². The fourth-order valence-electron chi connectivity index (χ4n) is 2.37. The van der Waals surface area contributed by atoms with Crippen molar-refractivity contribution in [2.75, 3.05) is 0 Å². The summed E-state index contributed by atoms with van der Waals surface area (Å²) in [7, 11) is 1.81. The van der Waals surface area contributed by atoms with Gasteiger partial charge in [0.15, 0.2) is 0 Å². The number of fused-ring (bicyclic) bond motifs is 1. The van der Waals surface area contributed by atoms with Crippen molar-refractivity contribution in [1.29, 1.82) is 0 Å². The summed E-state index contributed by atoms with van der Waals surface area (Å²) in [5.41, 5.74) is 7.12. The summed E-state index contributed by atoms with van der Waals surface area (Å²) >= 11 is 0. The lowest BCUT2D eigenvalue weighted by molar-refractivity contribution is -0.145. The number of nitrogens with two attached hydrogens (primary N) is 1. The molecular weight excluding hydrogens is 194 g/mol. The van der Waals surface area contributed by atoms with Crippen molar-refractivity contribution in [3.63, 3.8) is 0 Å². The average molecular weight is 209 g/mol. The Labute approximate surface area is 87.9 Å². The number of rotatable bonds is 1. The molecule has 1 heterocycles. The summed E-state index contributed by atoms with van der Waals surface area (Å²) in [4.78, 5) is 11.3. The second kappa shape index (κ2) is 2.82. The predicted molar refractivity (Wildman–Crippen MR) is 54.3 cm³/mol. The number of hydrogen-bond acceptors (Lipinski definition) is 3. The Morgan fingerprint density at radius 2 is 2.33 bits per heavy atom. The molecule has 0 radical (unpaired) electrons. The molecule has 2 unspecified atom stereocenters. The van der Waals surface area contributed by atoms with Crippen LogP contribution < -0.4 is 5.73 Å². The minimum atomic E-state index is -1.27. The van der Waals surface area contributed by atoms with Crippen molar-refractivity contribution >= 4 is 5.97 Å². The number of nitrogens with zero attached hydrogens (tertiary/aromatic N) is 2. The van der Waals surface area contributed by atoms with Crippen molar-refractivity contribution in [2.45, 2.75) is 25.8 Å². The van der Waals surface area contributed by atoms with E-state index in [2.05, 4.69) is 5.10 Å². The van der Waals surface area contributed by atoms with Gasteiger partial charge in [0.1, 0.15) is 5.54 Å². The van der Waals surface area contributed by atoms with E-state index >= 15 is 0 Å². The third-order valence-corrected chi connectivity index (χ3v) is 3.45. The molecule has 15 heavy (non-hydrogen) atoms. The molecule has 2 rings (SSSR count). The van der Waals surface area contributed by atoms with Gasteiger partial charge in [0, 0.05) is 18.3 Å². The van der Waals surface area contributed by atoms with Gasteiger partial charge >= 0.3 is 5.97 Å². The highest BCUT2D eigenvalue weighted by atomic mass is 16.4. The zero-order valence-electron chi connectivity index (χ0n) is 9.11. The van der Waals surface area contributed by atoms with Crippen molar-refractivity contribution in [3.8, 4) is 0 Å². The lowest BCUT2D eigenvalue weighted by atomic mass is 9.85. The molecule has 5 nitrogen and oxygen atoms in total. The highest BCUT2D eigenvalue weighted by Crippen LogP contribution is 2.40. The second-order valence-corrected chi connectivity index (χ2v) is 4.31. The topological polar surface area (TPSA) is 81.1 Å². The van der Waals surface area contributed by atoms with Gasteiger partial charge in [-0.3, -0.25) is 4.68 Å². The van der Waals surface area contributed by atoms with E-state index in [4.69, 9.17) is 5.73 Å². The van der Waals surface area contributed by atoms with Crippen LogP contribution in [0.5, 0.6) is 0 Å². The largest absolute Gasteiger partial charge is 0.480 e. The Morgan fingerprint density at radius 1 is 1.73 bits per heavy atom. The van der Waals surface area contributed by atoms with Crippen molar-refractivity contribution in [1.82, 2.24) is 9.78 Å². The molecule has 0 saturated carbocycles. The smallest absolute Gasteiger partial charge is 0.328 e. The fourth-order valence-corrected chi connectivity index (χ4v) is 2.37. The molecule has 2 atom stereocenters. The van der Waals surface area contributed by atoms with Crippen LogP contribution in [0.15, 0.2) is 0 Å². The molecule has 0 amide bonds. The normalized spacial score (nSPS) is 29.2. The lowest BCUT2D eigenvalue weighted by Gasteiger charge is -2.25. The van der Waals surface area contributed by atoms with Gasteiger partial charge in [-0.25, -0.2) is 4.79 Å². The van der Waals surface area contributed by atoms with Gasteiger partial charge in [-0.2, -0.15) is 5.10 Å². The summed E-state index contributed by atoms with van der Waals surface area (Å²) in [5.74, 6) is -1.07. The molecule has 1 aromatic rings. The minimum absolute atomic E-state index is 0.104. The molecule has 0 aromatic carbocycles. The number of aliphatic carboxylic acids is 1. The van der Waals surface area contributed by atoms with Crippen LogP contribution in [0.4, 0.5) is 0 Å². The summed E-state index contributed by atoms with van der Waals surface area (Å²) < 4.78 is 1.70. The molecule has 5 heteroatoms. The first kappa shape index (κ1) is 10.2. The number of hydrogen-bond donors (Lipinski definition) is 2. The van der Waals surface area contributed by atoms with Crippen molar-refractivity contribution in [2.24, 2.45) is 18.7 Å². The number of carbonyl (C=O) groups is 1. The van der Waals surface area contributed by atoms with E-state index in [-0.39, 0.29) is 5.92 Å². The SMILES string of the molecule is Cc1c2c(nn1C)CC(C)C2(N)C(=O)O. The maximum absolute atomic E-state index is 11.3. The Bertz CT molecular complexity index is 438. The number of carboxylic acid groups (broad SMARTS) is 1. The molecule has 0 aliphatic heterocycles. The Morgan fingerprint density at radius 3 is 2.87 bits per heavy atom. The first-order valence-electron chi connectivity index (χ1n) is 4.94. The van der Waals surface area contributed by atoms with E-state index in [1.165, 1.54) is 0 Å². The molecule has 0 saturated heterocycles. The fraction of sp³-hybridized carbons (Fsp3) is 0.600. The summed E-state index contributed by atoms with van der Waals surface area (Å²) in [5, 5.41) is 13.6. The van der Waals surface area contributed by atoms with Gasteiger partial charge in [0.05, 0.1) is 5.69 Å². The van der Waals surface area contributed by atoms with Crippen LogP contribution in [0.3, 0.4) is 0 Å². The van der Waals surface area contributed by atoms with E-state index in [1.54, 1.807) is 11.7 Å². The Hall–Kier alpha value is -1.36. The third kappa shape index (κ3) is 1.07. The molecule has 3 N–H and O–H groups in total. The van der Waals surface area contributed by atoms with Crippen LogP contribution in [0.2, 0.25) is 0 Å². The summed E-state index contributed by atoms with van der Waals surface area (Å²) in [6.45, 7) is 3.71. The van der Waals surface area contributed by atoms with Crippen LogP contribution in [0.1, 0.15) is 23.9 Å². The highest BCUT2D eigenvalue weighted by Gasteiger charge is 2.50. The maximum Gasteiger partial charge on any atom is 0.328 e. The molecule has 0 fully saturated rings. The Balaban J connectivity index is 2.67. The van der Waals surface area contributed by atoms with E-state index in [9.17, 15) is 9.90 Å². The van der Waals surface area contributed by atoms with Gasteiger partial charge in [-0.1, -0.05) is 6.92 Å². The van der Waals surface area contributed by atoms with E-state index in [0.717, 1.165) is 11.4 Å². The molecule has 82 valence electrons. The summed E-state index contributed by atoms with van der Waals surface area (Å²) in [6, 6.07) is 0. The quantitative estimate of drug-likeness (QED) is 0.690. The first-order chi connectivity index (χ1) is 6.89. The zero-order chi connectivity index (χ0) is 11.4. The van der Waals surface area contributed by atoms with Crippen molar-refractivity contribution < 1.29 is 9.90 Å². The summed E-state index contributed by atoms with van der Waals surface area (Å²) in [6.07, 6.45) is 0.639. The molecule has 1 aromatic heterocycles. The molecule has 1 aliphatic rings. The van der Waals surface area contributed by atoms with Gasteiger partial charge in [-0.15, -0.1) is 0 Å². The van der Waals surface area contributed by atoms with E-state index < -0.39 is 11.5 Å². The third-order valence-electron chi connectivity index (χ3n) is 3.45. The monoisotopic (exact) mass is 209 g/mol. The maximum atomic E-state index is 11.3. The number of aromatic nitrogens is 2. The highest BCUT2D eigenvalue weighted by molar-refractivity contribution is 5.83. The van der Waals surface area contributed by atoms with Crippen LogP contribution in [-0.2, 0) is 23.8 Å². The van der Waals surface area contributed by atoms with Gasteiger partial charge < -0.3 is 10.8 Å². The molecule has 0 spiro atoms. The number of carboxylic acids is 1. The van der Waals surface area contributed by atoms with Gasteiger partial charge in [-0.05, 0) is 19.3 Å². The first-order valence-corrected chi connectivity index (χ1v) is 4.94. The predicted octanol–water partition coefficient (Wildman–Crippen LogP) is 0.159. The minimum Gasteiger partial charge on any atom is -0.480 e. The standard InChI is InChI=1S/C10H15N3O2/c1-5-4-7-8(6(2)13(3)12-7)10(5,11)9(14)15/h5H,4,11H2,1-3H3,(H,14,15). The Kier molecular flexibility index (Phi) is 1.91. The van der Waals surface area contributed by atoms with Gasteiger partial charge in [0.2, 0.25) is 0 Å². The average Bonchev–Trinajstić information content (AvgIpc) is 2.53. The van der Waals surface area contributed by atoms with Crippen LogP contribution in [0, 0.1) is 12.8 Å². The molecule has 0 bridgehead atoms. The van der Waals surface area contributed by atoms with Gasteiger partial charge in [0.25, 0.3) is 0 Å². The molecule has 1 aliphatic carbocycles. The second-order valence-electron chi connectivity index (χ2n) is 4.31. The zero-order valence-corrected chi connectivity index (χ0v) is 9.11. The van der Waals surface area contributed by atoms with Crippen LogP contribution in [-0.4, -0.2) is 20.9 Å². The van der Waals surface area contributed by atoms with Crippen molar-refractivity contribution in [3.05, 3.63) is 17.0 Å². The molecular formula is C10H15N3O2. The van der Waals surface area contributed by atoms with E-state index in [0.29, 0.717) is 12.0 Å². The lowest BCUT2D eigenvalue weighted by Crippen LogP contribution is -2.48.